The first kappa shape index (κ1) is 19.6. The fourth-order valence-corrected chi connectivity index (χ4v) is 2.82. The molecule has 26 heavy (non-hydrogen) atoms. The molecular formula is C19H15Cl2N3O2. The number of carbonyl (C=O) groups is 2. The smallest absolute Gasteiger partial charge is 0.299 e. The minimum absolute atomic E-state index is 0. The van der Waals surface area contributed by atoms with Crippen molar-refractivity contribution in [1.29, 1.82) is 0 Å². The molecule has 5 nitrogen and oxygen atoms in total. The van der Waals surface area contributed by atoms with E-state index in [4.69, 9.17) is 0 Å². The molecule has 0 unspecified atom stereocenters. The molecule has 1 amide bonds. The van der Waals surface area contributed by atoms with Crippen LogP contribution < -0.4 is 4.90 Å². The van der Waals surface area contributed by atoms with Crippen LogP contribution in [0.25, 0.3) is 11.1 Å². The summed E-state index contributed by atoms with van der Waals surface area (Å²) in [5.74, 6) is -0.995. The highest BCUT2D eigenvalue weighted by Crippen LogP contribution is 2.33. The molecule has 0 saturated heterocycles. The van der Waals surface area contributed by atoms with Gasteiger partial charge in [-0.25, -0.2) is 0 Å². The second-order valence-electron chi connectivity index (χ2n) is 5.52. The van der Waals surface area contributed by atoms with Crippen molar-refractivity contribution < 1.29 is 9.59 Å². The average molecular weight is 388 g/mol. The third-order valence-corrected chi connectivity index (χ3v) is 4.01. The highest BCUT2D eigenvalue weighted by molar-refractivity contribution is 6.52. The number of ketones is 1. The molecule has 1 aromatic carbocycles. The van der Waals surface area contributed by atoms with E-state index in [0.717, 1.165) is 16.8 Å². The number of halogens is 2. The Hall–Kier alpha value is -2.76. The van der Waals surface area contributed by atoms with Crippen molar-refractivity contribution in [3.8, 4) is 11.1 Å². The Balaban J connectivity index is 0.00000121. The Morgan fingerprint density at radius 1 is 0.885 bits per heavy atom. The molecule has 132 valence electrons. The van der Waals surface area contributed by atoms with Crippen LogP contribution in [-0.2, 0) is 11.3 Å². The number of anilines is 1. The average Bonchev–Trinajstić information content (AvgIpc) is 2.88. The Morgan fingerprint density at radius 3 is 2.42 bits per heavy atom. The Bertz CT molecular complexity index is 934. The number of pyridine rings is 2. The molecule has 0 N–H and O–H groups in total. The number of amides is 1. The summed E-state index contributed by atoms with van der Waals surface area (Å²) in [6.07, 6.45) is 5.10. The van der Waals surface area contributed by atoms with Gasteiger partial charge in [-0.3, -0.25) is 24.5 Å². The van der Waals surface area contributed by atoms with Crippen LogP contribution >= 0.6 is 24.8 Å². The molecule has 3 heterocycles. The van der Waals surface area contributed by atoms with E-state index in [2.05, 4.69) is 9.97 Å². The maximum Gasteiger partial charge on any atom is 0.299 e. The molecule has 0 saturated carbocycles. The van der Waals surface area contributed by atoms with Gasteiger partial charge in [-0.2, -0.15) is 0 Å². The van der Waals surface area contributed by atoms with Crippen molar-refractivity contribution in [2.75, 3.05) is 4.90 Å². The molecule has 0 spiro atoms. The monoisotopic (exact) mass is 387 g/mol. The van der Waals surface area contributed by atoms with E-state index in [1.54, 1.807) is 24.7 Å². The number of rotatable bonds is 3. The molecule has 0 radical (unpaired) electrons. The van der Waals surface area contributed by atoms with Gasteiger partial charge in [-0.1, -0.05) is 18.2 Å². The van der Waals surface area contributed by atoms with Crippen LogP contribution in [0.2, 0.25) is 0 Å². The van der Waals surface area contributed by atoms with Crippen molar-refractivity contribution in [3.05, 3.63) is 78.4 Å². The lowest BCUT2D eigenvalue weighted by Crippen LogP contribution is -2.29. The normalized spacial score (nSPS) is 12.2. The minimum Gasteiger partial charge on any atom is -0.299 e. The van der Waals surface area contributed by atoms with Gasteiger partial charge >= 0.3 is 0 Å². The number of benzene rings is 1. The predicted octanol–water partition coefficient (Wildman–Crippen LogP) is 3.72. The lowest BCUT2D eigenvalue weighted by molar-refractivity contribution is -0.114. The van der Waals surface area contributed by atoms with Crippen molar-refractivity contribution in [2.45, 2.75) is 6.54 Å². The summed E-state index contributed by atoms with van der Waals surface area (Å²) in [5, 5.41) is 0. The van der Waals surface area contributed by atoms with Gasteiger partial charge in [0.25, 0.3) is 11.7 Å². The summed E-state index contributed by atoms with van der Waals surface area (Å²) in [5.41, 5.74) is 3.56. The third kappa shape index (κ3) is 3.45. The molecule has 3 aromatic rings. The molecule has 0 aliphatic carbocycles. The molecule has 4 rings (SSSR count). The van der Waals surface area contributed by atoms with Gasteiger partial charge in [0.05, 0.1) is 23.5 Å². The fraction of sp³-hybridized carbons (Fsp3) is 0.0526. The summed E-state index contributed by atoms with van der Waals surface area (Å²) in [4.78, 5) is 34.5. The van der Waals surface area contributed by atoms with Gasteiger partial charge in [0, 0.05) is 24.2 Å². The first-order valence-corrected chi connectivity index (χ1v) is 7.54. The van der Waals surface area contributed by atoms with Crippen LogP contribution in [0.3, 0.4) is 0 Å². The number of hydrogen-bond donors (Lipinski definition) is 0. The van der Waals surface area contributed by atoms with E-state index >= 15 is 0 Å². The second kappa shape index (κ2) is 8.08. The molecule has 0 fully saturated rings. The molecule has 1 aliphatic heterocycles. The van der Waals surface area contributed by atoms with Gasteiger partial charge in [-0.15, -0.1) is 24.8 Å². The lowest BCUT2D eigenvalue weighted by Gasteiger charge is -2.16. The standard InChI is InChI=1S/C19H13N3O2.2ClH/c23-18-16-10-13(14-4-3-8-20-11-14)6-7-17(16)22(19(18)24)12-15-5-1-2-9-21-15;;/h1-11H,12H2;2*1H. The van der Waals surface area contributed by atoms with Crippen LogP contribution in [-0.4, -0.2) is 21.7 Å². The summed E-state index contributed by atoms with van der Waals surface area (Å²) in [6, 6.07) is 14.7. The first-order valence-electron chi connectivity index (χ1n) is 7.54. The summed E-state index contributed by atoms with van der Waals surface area (Å²) in [6.45, 7) is 0.282. The van der Waals surface area contributed by atoms with E-state index in [1.165, 1.54) is 4.90 Å². The topological polar surface area (TPSA) is 63.2 Å². The van der Waals surface area contributed by atoms with Crippen molar-refractivity contribution in [1.82, 2.24) is 9.97 Å². The van der Waals surface area contributed by atoms with Crippen LogP contribution in [0.1, 0.15) is 16.1 Å². The second-order valence-corrected chi connectivity index (χ2v) is 5.52. The zero-order valence-corrected chi connectivity index (χ0v) is 15.2. The predicted molar refractivity (Wildman–Crippen MR) is 104 cm³/mol. The van der Waals surface area contributed by atoms with E-state index in [1.807, 2.05) is 42.5 Å². The number of hydrogen-bond acceptors (Lipinski definition) is 4. The molecule has 1 aliphatic rings. The third-order valence-electron chi connectivity index (χ3n) is 4.01. The number of aromatic nitrogens is 2. The van der Waals surface area contributed by atoms with Gasteiger partial charge in [0.2, 0.25) is 0 Å². The number of carbonyl (C=O) groups excluding carboxylic acids is 2. The van der Waals surface area contributed by atoms with E-state index in [-0.39, 0.29) is 31.4 Å². The molecular weight excluding hydrogens is 373 g/mol. The number of fused-ring (bicyclic) bond motifs is 1. The van der Waals surface area contributed by atoms with E-state index in [0.29, 0.717) is 11.3 Å². The van der Waals surface area contributed by atoms with Crippen LogP contribution in [0.15, 0.2) is 67.1 Å². The lowest BCUT2D eigenvalue weighted by atomic mass is 10.0. The van der Waals surface area contributed by atoms with Gasteiger partial charge in [0.15, 0.2) is 0 Å². The molecule has 0 atom stereocenters. The fourth-order valence-electron chi connectivity index (χ4n) is 2.82. The summed E-state index contributed by atoms with van der Waals surface area (Å²) in [7, 11) is 0. The SMILES string of the molecule is Cl.Cl.O=C1C(=O)N(Cc2ccccn2)c2ccc(-c3cccnc3)cc21. The Morgan fingerprint density at radius 2 is 1.73 bits per heavy atom. The Kier molecular flexibility index (Phi) is 6.08. The number of Topliss-reactive ketones (excluding diaryl/α,β-unsaturated/α-hetero) is 1. The van der Waals surface area contributed by atoms with E-state index in [9.17, 15) is 9.59 Å². The largest absolute Gasteiger partial charge is 0.299 e. The number of nitrogens with zero attached hydrogens (tertiary/aromatic N) is 3. The van der Waals surface area contributed by atoms with Crippen molar-refractivity contribution in [3.63, 3.8) is 0 Å². The van der Waals surface area contributed by atoms with Gasteiger partial charge < -0.3 is 0 Å². The quantitative estimate of drug-likeness (QED) is 0.642. The van der Waals surface area contributed by atoms with Crippen LogP contribution in [0, 0.1) is 0 Å². The maximum atomic E-state index is 12.4. The summed E-state index contributed by atoms with van der Waals surface area (Å²) < 4.78 is 0. The minimum atomic E-state index is -0.515. The maximum absolute atomic E-state index is 12.4. The van der Waals surface area contributed by atoms with Crippen molar-refractivity contribution >= 4 is 42.2 Å². The Labute approximate surface area is 162 Å². The van der Waals surface area contributed by atoms with Gasteiger partial charge in [0.1, 0.15) is 0 Å². The van der Waals surface area contributed by atoms with Gasteiger partial charge in [-0.05, 0) is 35.9 Å². The van der Waals surface area contributed by atoms with Crippen molar-refractivity contribution in [2.24, 2.45) is 0 Å². The highest BCUT2D eigenvalue weighted by Gasteiger charge is 2.36. The van der Waals surface area contributed by atoms with Crippen LogP contribution in [0.5, 0.6) is 0 Å². The van der Waals surface area contributed by atoms with Crippen LogP contribution in [0.4, 0.5) is 5.69 Å². The first-order chi connectivity index (χ1) is 11.7. The van der Waals surface area contributed by atoms with E-state index < -0.39 is 11.7 Å². The highest BCUT2D eigenvalue weighted by atomic mass is 35.5. The molecule has 7 heteroatoms. The summed E-state index contributed by atoms with van der Waals surface area (Å²) >= 11 is 0. The zero-order valence-electron chi connectivity index (χ0n) is 13.5. The molecule has 0 bridgehead atoms. The molecule has 2 aromatic heterocycles. The zero-order chi connectivity index (χ0) is 16.5.